The minimum Gasteiger partial charge on any atom is -0.338 e. The van der Waals surface area contributed by atoms with E-state index in [9.17, 15) is 8.78 Å². The maximum atomic E-state index is 14.5. The molecule has 3 aromatic rings. The summed E-state index contributed by atoms with van der Waals surface area (Å²) in [5.74, 6) is -0.604. The molecule has 0 aromatic carbocycles. The van der Waals surface area contributed by atoms with Crippen LogP contribution in [0.1, 0.15) is 30.4 Å². The normalized spacial score (nSPS) is 20.0. The lowest BCUT2D eigenvalue weighted by molar-refractivity contribution is 0.428. The highest BCUT2D eigenvalue weighted by molar-refractivity contribution is 6.29. The van der Waals surface area contributed by atoms with Crippen LogP contribution in [0.4, 0.5) is 20.4 Å². The first-order chi connectivity index (χ1) is 13.8. The number of anilines is 2. The number of rotatable bonds is 3. The zero-order valence-electron chi connectivity index (χ0n) is 15.7. The van der Waals surface area contributed by atoms with Gasteiger partial charge in [-0.05, 0) is 19.1 Å². The van der Waals surface area contributed by atoms with Crippen LogP contribution in [-0.4, -0.2) is 25.8 Å². The van der Waals surface area contributed by atoms with Gasteiger partial charge in [0.15, 0.2) is 12.1 Å². The second-order valence-corrected chi connectivity index (χ2v) is 7.20. The Morgan fingerprint density at radius 2 is 1.97 bits per heavy atom. The third-order valence-electron chi connectivity index (χ3n) is 4.91. The first kappa shape index (κ1) is 19.5. The molecular weight excluding hydrogens is 402 g/mol. The number of hydrogen-bond acceptors (Lipinski definition) is 7. The quantitative estimate of drug-likeness (QED) is 0.627. The van der Waals surface area contributed by atoms with Crippen molar-refractivity contribution in [3.8, 4) is 0 Å². The highest BCUT2D eigenvalue weighted by Crippen LogP contribution is 2.40. The lowest BCUT2D eigenvalue weighted by Gasteiger charge is -2.48. The van der Waals surface area contributed by atoms with Crippen LogP contribution in [0.5, 0.6) is 0 Å². The average Bonchev–Trinajstić information content (AvgIpc) is 3.07. The van der Waals surface area contributed by atoms with Gasteiger partial charge in [0.25, 0.3) is 0 Å². The number of fused-ring (bicyclic) bond motifs is 1. The maximum Gasteiger partial charge on any atom is 0.159 e. The van der Waals surface area contributed by atoms with Crippen molar-refractivity contribution in [3.63, 3.8) is 0 Å². The van der Waals surface area contributed by atoms with Gasteiger partial charge in [-0.2, -0.15) is 0 Å². The monoisotopic (exact) mass is 420 g/mol. The molecule has 0 bridgehead atoms. The van der Waals surface area contributed by atoms with Gasteiger partial charge in [-0.3, -0.25) is 10.7 Å². The molecule has 0 radical (unpaired) electrons. The molecule has 11 heteroatoms. The van der Waals surface area contributed by atoms with E-state index in [1.54, 1.807) is 45.9 Å². The summed E-state index contributed by atoms with van der Waals surface area (Å²) in [6, 6.07) is 3.44. The van der Waals surface area contributed by atoms with Gasteiger partial charge >= 0.3 is 0 Å². The fourth-order valence-corrected chi connectivity index (χ4v) is 3.68. The van der Waals surface area contributed by atoms with Crippen LogP contribution in [0.25, 0.3) is 0 Å². The van der Waals surface area contributed by atoms with E-state index in [1.165, 1.54) is 0 Å². The molecule has 4 heterocycles. The van der Waals surface area contributed by atoms with E-state index in [1.807, 2.05) is 7.05 Å². The first-order valence-corrected chi connectivity index (χ1v) is 9.19. The Kier molecular flexibility index (Phi) is 4.85. The Hall–Kier alpha value is -2.82. The van der Waals surface area contributed by atoms with Crippen molar-refractivity contribution >= 4 is 23.2 Å². The van der Waals surface area contributed by atoms with Gasteiger partial charge in [0, 0.05) is 24.9 Å². The zero-order valence-corrected chi connectivity index (χ0v) is 16.4. The van der Waals surface area contributed by atoms with Crippen LogP contribution in [0.2, 0.25) is 5.15 Å². The molecule has 0 saturated carbocycles. The Morgan fingerprint density at radius 3 is 2.62 bits per heavy atom. The van der Waals surface area contributed by atoms with Crippen molar-refractivity contribution in [2.75, 3.05) is 9.80 Å². The highest BCUT2D eigenvalue weighted by atomic mass is 35.5. The van der Waals surface area contributed by atoms with Crippen LogP contribution in [0.3, 0.4) is 0 Å². The Labute approximate surface area is 170 Å². The summed E-state index contributed by atoms with van der Waals surface area (Å²) in [7, 11) is 1.82. The molecule has 3 atom stereocenters. The minimum absolute atomic E-state index is 0.0195. The lowest BCUT2D eigenvalue weighted by Crippen LogP contribution is -2.62. The summed E-state index contributed by atoms with van der Waals surface area (Å²) in [6.45, 7) is 1.70. The molecule has 0 fully saturated rings. The first-order valence-electron chi connectivity index (χ1n) is 8.81. The predicted octanol–water partition coefficient (Wildman–Crippen LogP) is 2.43. The average molecular weight is 421 g/mol. The molecule has 8 nitrogen and oxygen atoms in total. The number of halogens is 3. The van der Waals surface area contributed by atoms with E-state index >= 15 is 0 Å². The Balaban J connectivity index is 1.86. The largest absolute Gasteiger partial charge is 0.338 e. The third-order valence-corrected chi connectivity index (χ3v) is 5.12. The van der Waals surface area contributed by atoms with Crippen LogP contribution in [0, 0.1) is 11.6 Å². The number of aryl methyl sites for hydroxylation is 1. The number of imidazole rings is 1. The number of nitrogens with two attached hydrogens (primary N) is 2. The minimum atomic E-state index is -0.861. The smallest absolute Gasteiger partial charge is 0.159 e. The number of hydrogen-bond donors (Lipinski definition) is 2. The van der Waals surface area contributed by atoms with Gasteiger partial charge in [0.05, 0.1) is 24.3 Å². The molecule has 1 aliphatic heterocycles. The maximum absolute atomic E-state index is 14.5. The summed E-state index contributed by atoms with van der Waals surface area (Å²) < 4.78 is 29.6. The standard InChI is InChI=1S/C18H19ClF2N8/c1-9(15-12(21)5-10(20)6-24-15)28-17-11(3-4-13(19)26-17)16(22)29(18(28)23)14-7-27(2)8-25-14/h3-9,16,18H,22-23H2,1-2H3/t9-,16?,18?/m0/s1. The van der Waals surface area contributed by atoms with Gasteiger partial charge in [0.1, 0.15) is 28.8 Å². The molecular formula is C18H19ClF2N8. The van der Waals surface area contributed by atoms with Crippen molar-refractivity contribution in [2.45, 2.75) is 25.4 Å². The predicted molar refractivity (Wildman–Crippen MR) is 105 cm³/mol. The number of nitrogens with zero attached hydrogens (tertiary/aromatic N) is 6. The van der Waals surface area contributed by atoms with Crippen LogP contribution < -0.4 is 21.3 Å². The van der Waals surface area contributed by atoms with Gasteiger partial charge < -0.3 is 20.1 Å². The zero-order chi connectivity index (χ0) is 20.9. The van der Waals surface area contributed by atoms with Gasteiger partial charge in [0.2, 0.25) is 0 Å². The van der Waals surface area contributed by atoms with E-state index < -0.39 is 30.1 Å². The van der Waals surface area contributed by atoms with E-state index in [-0.39, 0.29) is 10.8 Å². The van der Waals surface area contributed by atoms with Crippen molar-refractivity contribution in [2.24, 2.45) is 18.5 Å². The molecule has 0 saturated heterocycles. The van der Waals surface area contributed by atoms with Crippen LogP contribution in [-0.2, 0) is 7.05 Å². The summed E-state index contributed by atoms with van der Waals surface area (Å²) >= 11 is 6.11. The summed E-state index contributed by atoms with van der Waals surface area (Å²) in [6.07, 6.45) is 2.83. The molecule has 3 aromatic heterocycles. The van der Waals surface area contributed by atoms with Gasteiger partial charge in [-0.25, -0.2) is 18.7 Å². The van der Waals surface area contributed by atoms with Crippen molar-refractivity contribution < 1.29 is 8.78 Å². The van der Waals surface area contributed by atoms with Crippen LogP contribution >= 0.6 is 11.6 Å². The second-order valence-electron chi connectivity index (χ2n) is 6.81. The lowest BCUT2D eigenvalue weighted by atomic mass is 10.1. The highest BCUT2D eigenvalue weighted by Gasteiger charge is 2.41. The number of pyridine rings is 2. The summed E-state index contributed by atoms with van der Waals surface area (Å²) in [4.78, 5) is 16.0. The van der Waals surface area contributed by atoms with E-state index in [0.717, 1.165) is 12.3 Å². The summed E-state index contributed by atoms with van der Waals surface area (Å²) in [5, 5.41) is 0.235. The molecule has 4 rings (SSSR count). The molecule has 1 aliphatic rings. The fraction of sp³-hybridized carbons (Fsp3) is 0.278. The van der Waals surface area contributed by atoms with E-state index in [2.05, 4.69) is 15.0 Å². The van der Waals surface area contributed by atoms with Gasteiger partial charge in [-0.1, -0.05) is 11.6 Å². The SMILES string of the molecule is C[C@@H](c1ncc(F)cc1F)N1c2nc(Cl)ccc2C(N)N(c2cn(C)cn2)C1N. The Bertz CT molecular complexity index is 1060. The van der Waals surface area contributed by atoms with Crippen molar-refractivity contribution in [1.29, 1.82) is 0 Å². The Morgan fingerprint density at radius 1 is 1.21 bits per heavy atom. The fourth-order valence-electron chi connectivity index (χ4n) is 3.53. The molecule has 0 spiro atoms. The van der Waals surface area contributed by atoms with Crippen molar-refractivity contribution in [1.82, 2.24) is 19.5 Å². The van der Waals surface area contributed by atoms with E-state index in [4.69, 9.17) is 23.1 Å². The molecule has 29 heavy (non-hydrogen) atoms. The molecule has 0 aliphatic carbocycles. The van der Waals surface area contributed by atoms with Crippen LogP contribution in [0.15, 0.2) is 36.9 Å². The molecule has 152 valence electrons. The second kappa shape index (κ2) is 7.21. The topological polar surface area (TPSA) is 102 Å². The number of aromatic nitrogens is 4. The van der Waals surface area contributed by atoms with E-state index in [0.29, 0.717) is 17.2 Å². The third kappa shape index (κ3) is 3.28. The van der Waals surface area contributed by atoms with Gasteiger partial charge in [-0.15, -0.1) is 0 Å². The summed E-state index contributed by atoms with van der Waals surface area (Å²) in [5.41, 5.74) is 13.7. The molecule has 0 amide bonds. The van der Waals surface area contributed by atoms with Crippen molar-refractivity contribution in [3.05, 3.63) is 65.0 Å². The molecule has 2 unspecified atom stereocenters. The molecule has 4 N–H and O–H groups in total.